The Labute approximate surface area is 244 Å². The largest absolute Gasteiger partial charge is 0.392 e. The van der Waals surface area contributed by atoms with Gasteiger partial charge in [0, 0.05) is 53.5 Å². The zero-order chi connectivity index (χ0) is 28.3. The Bertz CT molecular complexity index is 1550. The van der Waals surface area contributed by atoms with Crippen molar-refractivity contribution in [3.8, 4) is 5.69 Å². The Kier molecular flexibility index (Phi) is 8.05. The average Bonchev–Trinajstić information content (AvgIpc) is 3.62. The highest BCUT2D eigenvalue weighted by Crippen LogP contribution is 2.27. The van der Waals surface area contributed by atoms with Crippen molar-refractivity contribution in [1.29, 1.82) is 0 Å². The van der Waals surface area contributed by atoms with E-state index in [-0.39, 0.29) is 29.9 Å². The van der Waals surface area contributed by atoms with Crippen LogP contribution in [-0.4, -0.2) is 56.6 Å². The Morgan fingerprint density at radius 1 is 0.976 bits per heavy atom. The van der Waals surface area contributed by atoms with Crippen molar-refractivity contribution < 1.29 is 14.7 Å². The second-order valence-electron chi connectivity index (χ2n) is 11.1. The molecule has 8 nitrogen and oxygen atoms in total. The average molecular weight is 572 g/mol. The summed E-state index contributed by atoms with van der Waals surface area (Å²) in [6.45, 7) is 2.20. The van der Waals surface area contributed by atoms with Crippen molar-refractivity contribution in [3.05, 3.63) is 89.5 Å². The zero-order valence-corrected chi connectivity index (χ0v) is 23.6. The van der Waals surface area contributed by atoms with Crippen LogP contribution in [0.4, 0.5) is 5.69 Å². The summed E-state index contributed by atoms with van der Waals surface area (Å²) in [5.74, 6) is 0.358. The summed E-state index contributed by atoms with van der Waals surface area (Å²) in [5, 5.41) is 18.6. The number of aliphatic hydroxyl groups excluding tert-OH is 1. The van der Waals surface area contributed by atoms with Crippen LogP contribution in [0.2, 0.25) is 5.02 Å². The van der Waals surface area contributed by atoms with Gasteiger partial charge < -0.3 is 20.3 Å². The van der Waals surface area contributed by atoms with E-state index in [1.165, 1.54) is 0 Å². The molecule has 2 heterocycles. The normalized spacial score (nSPS) is 21.2. The highest BCUT2D eigenvalue weighted by Gasteiger charge is 2.32. The van der Waals surface area contributed by atoms with E-state index in [0.29, 0.717) is 29.4 Å². The number of rotatable bonds is 7. The van der Waals surface area contributed by atoms with Crippen molar-refractivity contribution >= 4 is 39.9 Å². The molecular formula is C32H34ClN5O3. The second kappa shape index (κ2) is 12.0. The summed E-state index contributed by atoms with van der Waals surface area (Å²) in [5.41, 5.74) is 2.24. The third-order valence-corrected chi connectivity index (χ3v) is 8.46. The maximum atomic E-state index is 13.4. The summed E-state index contributed by atoms with van der Waals surface area (Å²) >= 11 is 6.09. The number of aromatic nitrogens is 2. The molecular weight excluding hydrogens is 538 g/mol. The number of fused-ring (bicyclic) bond motifs is 1. The number of hydrogen-bond donors (Lipinski definition) is 3. The highest BCUT2D eigenvalue weighted by molar-refractivity contribution is 6.31. The first kappa shape index (κ1) is 27.4. The summed E-state index contributed by atoms with van der Waals surface area (Å²) in [4.78, 5) is 33.3. The van der Waals surface area contributed by atoms with Crippen molar-refractivity contribution in [1.82, 2.24) is 19.8 Å². The van der Waals surface area contributed by atoms with E-state index in [1.54, 1.807) is 12.3 Å². The molecule has 41 heavy (non-hydrogen) atoms. The third kappa shape index (κ3) is 6.30. The molecule has 3 N–H and O–H groups in total. The molecule has 212 valence electrons. The van der Waals surface area contributed by atoms with E-state index in [9.17, 15) is 14.7 Å². The Morgan fingerprint density at radius 2 is 1.76 bits per heavy atom. The number of nitrogens with zero attached hydrogens (tertiary/aromatic N) is 3. The fourth-order valence-electron chi connectivity index (χ4n) is 6.01. The predicted octanol–water partition coefficient (Wildman–Crippen LogP) is 5.17. The van der Waals surface area contributed by atoms with Gasteiger partial charge in [0.2, 0.25) is 5.91 Å². The molecule has 1 saturated carbocycles. The standard InChI is InChI=1S/C32H34ClN5O3/c33-24-8-7-21-17-23(6-5-22(21)18-24)31(40)36-29-4-2-1-3-28(29)32(41)35-25-9-11-26(12-10-25)38-16-14-34-30(38)20-37-15-13-27(39)19-37/h5-12,14,16-18,27-29,39H,1-4,13,15,19-20H2,(H,35,41)(H,36,40)/t27?,28-,29+/m0/s1. The number of amides is 2. The van der Waals surface area contributed by atoms with Crippen LogP contribution in [0, 0.1) is 5.92 Å². The van der Waals surface area contributed by atoms with E-state index in [4.69, 9.17) is 11.6 Å². The number of hydrogen-bond acceptors (Lipinski definition) is 5. The van der Waals surface area contributed by atoms with Gasteiger partial charge >= 0.3 is 0 Å². The minimum Gasteiger partial charge on any atom is -0.392 e. The molecule has 4 aromatic rings. The minimum atomic E-state index is -0.303. The number of benzene rings is 3. The number of carbonyl (C=O) groups excluding carboxylic acids is 2. The molecule has 9 heteroatoms. The van der Waals surface area contributed by atoms with Gasteiger partial charge in [0.05, 0.1) is 18.6 Å². The summed E-state index contributed by atoms with van der Waals surface area (Å²) in [6.07, 6.45) is 7.66. The molecule has 0 bridgehead atoms. The number of likely N-dealkylation sites (tertiary alicyclic amines) is 1. The molecule has 3 aromatic carbocycles. The predicted molar refractivity (Wildman–Crippen MR) is 160 cm³/mol. The topological polar surface area (TPSA) is 99.5 Å². The maximum Gasteiger partial charge on any atom is 0.251 e. The molecule has 1 aromatic heterocycles. The van der Waals surface area contributed by atoms with E-state index >= 15 is 0 Å². The molecule has 1 saturated heterocycles. The van der Waals surface area contributed by atoms with Gasteiger partial charge in [-0.15, -0.1) is 0 Å². The highest BCUT2D eigenvalue weighted by atomic mass is 35.5. The number of halogens is 1. The van der Waals surface area contributed by atoms with Crippen LogP contribution in [-0.2, 0) is 11.3 Å². The van der Waals surface area contributed by atoms with Crippen LogP contribution < -0.4 is 10.6 Å². The fraction of sp³-hybridized carbons (Fsp3) is 0.344. The van der Waals surface area contributed by atoms with E-state index in [0.717, 1.165) is 60.9 Å². The van der Waals surface area contributed by atoms with Gasteiger partial charge in [-0.2, -0.15) is 0 Å². The smallest absolute Gasteiger partial charge is 0.251 e. The van der Waals surface area contributed by atoms with Gasteiger partial charge in [0.25, 0.3) is 5.91 Å². The van der Waals surface area contributed by atoms with Gasteiger partial charge in [-0.1, -0.05) is 36.6 Å². The van der Waals surface area contributed by atoms with Crippen LogP contribution in [0.1, 0.15) is 48.3 Å². The molecule has 1 aliphatic heterocycles. The van der Waals surface area contributed by atoms with Crippen molar-refractivity contribution in [2.24, 2.45) is 5.92 Å². The number of aliphatic hydroxyl groups is 1. The lowest BCUT2D eigenvalue weighted by atomic mass is 9.83. The quantitative estimate of drug-likeness (QED) is 0.284. The Hall–Kier alpha value is -3.72. The SMILES string of the molecule is O=C(N[C@@H]1CCCC[C@@H]1C(=O)Nc1ccc(-n2ccnc2CN2CCC(O)C2)cc1)c1ccc2cc(Cl)ccc2c1. The zero-order valence-electron chi connectivity index (χ0n) is 22.8. The first-order valence-corrected chi connectivity index (χ1v) is 14.6. The molecule has 2 aliphatic rings. The number of nitrogens with one attached hydrogen (secondary N) is 2. The van der Waals surface area contributed by atoms with E-state index in [2.05, 4.69) is 20.5 Å². The Balaban J connectivity index is 1.10. The Morgan fingerprint density at radius 3 is 2.56 bits per heavy atom. The maximum absolute atomic E-state index is 13.4. The van der Waals surface area contributed by atoms with Gasteiger partial charge in [0.15, 0.2) is 0 Å². The molecule has 1 aliphatic carbocycles. The van der Waals surface area contributed by atoms with E-state index in [1.807, 2.05) is 65.4 Å². The monoisotopic (exact) mass is 571 g/mol. The second-order valence-corrected chi connectivity index (χ2v) is 11.5. The van der Waals surface area contributed by atoms with Crippen LogP contribution in [0.25, 0.3) is 16.5 Å². The van der Waals surface area contributed by atoms with Crippen molar-refractivity contribution in [2.75, 3.05) is 18.4 Å². The van der Waals surface area contributed by atoms with Crippen LogP contribution in [0.5, 0.6) is 0 Å². The first-order valence-electron chi connectivity index (χ1n) is 14.3. The molecule has 6 rings (SSSR count). The number of imidazole rings is 1. The van der Waals surface area contributed by atoms with E-state index < -0.39 is 0 Å². The third-order valence-electron chi connectivity index (χ3n) is 8.23. The van der Waals surface area contributed by atoms with Crippen molar-refractivity contribution in [3.63, 3.8) is 0 Å². The lowest BCUT2D eigenvalue weighted by Gasteiger charge is -2.31. The molecule has 2 fully saturated rings. The van der Waals surface area contributed by atoms with Gasteiger partial charge in [-0.25, -0.2) is 4.98 Å². The van der Waals surface area contributed by atoms with Crippen LogP contribution >= 0.6 is 11.6 Å². The molecule has 3 atom stereocenters. The molecule has 0 radical (unpaired) electrons. The lowest BCUT2D eigenvalue weighted by molar-refractivity contribution is -0.121. The fourth-order valence-corrected chi connectivity index (χ4v) is 6.19. The number of anilines is 1. The van der Waals surface area contributed by atoms with Gasteiger partial charge in [-0.05, 0) is 78.6 Å². The first-order chi connectivity index (χ1) is 19.9. The molecule has 0 spiro atoms. The van der Waals surface area contributed by atoms with Crippen LogP contribution in [0.15, 0.2) is 73.1 Å². The van der Waals surface area contributed by atoms with Gasteiger partial charge in [0.1, 0.15) is 5.82 Å². The summed E-state index contributed by atoms with van der Waals surface area (Å²) in [7, 11) is 0. The molecule has 1 unspecified atom stereocenters. The van der Waals surface area contributed by atoms with Crippen LogP contribution in [0.3, 0.4) is 0 Å². The minimum absolute atomic E-state index is 0.0770. The lowest BCUT2D eigenvalue weighted by Crippen LogP contribution is -2.46. The number of carbonyl (C=O) groups is 2. The van der Waals surface area contributed by atoms with Gasteiger partial charge in [-0.3, -0.25) is 14.5 Å². The van der Waals surface area contributed by atoms with Crippen molar-refractivity contribution in [2.45, 2.75) is 50.8 Å². The summed E-state index contributed by atoms with van der Waals surface area (Å²) in [6, 6.07) is 18.7. The molecule has 2 amide bonds. The number of β-amino-alcohol motifs (C(OH)–C–C–N with tert-alkyl or cyclic N) is 1. The summed E-state index contributed by atoms with van der Waals surface area (Å²) < 4.78 is 2.03.